The molecule has 0 aliphatic rings. The van der Waals surface area contributed by atoms with Crippen LogP contribution in [0.2, 0.25) is 0 Å². The van der Waals surface area contributed by atoms with E-state index < -0.39 is 6.04 Å². The van der Waals surface area contributed by atoms with Gasteiger partial charge in [0.25, 0.3) is 0 Å². The first-order valence-corrected chi connectivity index (χ1v) is 6.81. The zero-order valence-electron chi connectivity index (χ0n) is 12.1. The minimum Gasteiger partial charge on any atom is -0.353 e. The average Bonchev–Trinajstić information content (AvgIpc) is 2.39. The first-order chi connectivity index (χ1) is 9.06. The molecule has 0 bridgehead atoms. The molecule has 19 heavy (non-hydrogen) atoms. The molecule has 0 saturated carbocycles. The highest BCUT2D eigenvalue weighted by Crippen LogP contribution is 2.16. The Morgan fingerprint density at radius 3 is 2.47 bits per heavy atom. The molecule has 0 saturated heterocycles. The van der Waals surface area contributed by atoms with E-state index in [1.54, 1.807) is 0 Å². The van der Waals surface area contributed by atoms with Crippen LogP contribution in [0.1, 0.15) is 31.4 Å². The van der Waals surface area contributed by atoms with Gasteiger partial charge in [-0.3, -0.25) is 4.79 Å². The lowest BCUT2D eigenvalue weighted by atomic mass is 10.1. The molecule has 2 atom stereocenters. The summed E-state index contributed by atoms with van der Waals surface area (Å²) >= 11 is 0. The number of carbonyl (C=O) groups is 1. The lowest BCUT2D eigenvalue weighted by Crippen LogP contribution is -2.43. The first kappa shape index (κ1) is 15.7. The fraction of sp³-hybridized carbons (Fsp3) is 0.533. The Balaban J connectivity index is 2.59. The van der Waals surface area contributed by atoms with Crippen LogP contribution in [0.15, 0.2) is 30.3 Å². The molecule has 0 fully saturated rings. The molecule has 0 aliphatic carbocycles. The van der Waals surface area contributed by atoms with Gasteiger partial charge in [-0.2, -0.15) is 0 Å². The lowest BCUT2D eigenvalue weighted by Gasteiger charge is -2.25. The predicted molar refractivity (Wildman–Crippen MR) is 78.8 cm³/mol. The summed E-state index contributed by atoms with van der Waals surface area (Å²) in [6, 6.07) is 9.92. The molecule has 0 heterocycles. The topological polar surface area (TPSA) is 58.4 Å². The number of carbonyl (C=O) groups excluding carboxylic acids is 1. The largest absolute Gasteiger partial charge is 0.353 e. The number of nitrogens with one attached hydrogen (secondary N) is 1. The Labute approximate surface area is 116 Å². The normalized spacial score (nSPS) is 14.2. The van der Waals surface area contributed by atoms with Crippen molar-refractivity contribution in [2.45, 2.75) is 31.8 Å². The number of rotatable bonds is 7. The highest BCUT2D eigenvalue weighted by Gasteiger charge is 2.17. The van der Waals surface area contributed by atoms with Crippen LogP contribution in [0.5, 0.6) is 0 Å². The molecule has 0 spiro atoms. The molecule has 0 radical (unpaired) electrons. The molecule has 3 N–H and O–H groups in total. The third-order valence-electron chi connectivity index (χ3n) is 3.21. The van der Waals surface area contributed by atoms with E-state index in [0.29, 0.717) is 6.54 Å². The molecule has 4 heteroatoms. The lowest BCUT2D eigenvalue weighted by molar-refractivity contribution is -0.122. The highest BCUT2D eigenvalue weighted by atomic mass is 16.2. The van der Waals surface area contributed by atoms with E-state index in [1.807, 2.05) is 39.2 Å². The van der Waals surface area contributed by atoms with Crippen LogP contribution in [0, 0.1) is 0 Å². The summed E-state index contributed by atoms with van der Waals surface area (Å²) in [6.45, 7) is 2.60. The van der Waals surface area contributed by atoms with Crippen LogP contribution in [0.25, 0.3) is 0 Å². The van der Waals surface area contributed by atoms with E-state index in [4.69, 9.17) is 5.73 Å². The number of hydrogen-bond donors (Lipinski definition) is 2. The Bertz CT molecular complexity index is 378. The van der Waals surface area contributed by atoms with E-state index in [2.05, 4.69) is 22.3 Å². The Hall–Kier alpha value is -1.39. The summed E-state index contributed by atoms with van der Waals surface area (Å²) in [5.41, 5.74) is 6.99. The molecule has 4 nitrogen and oxygen atoms in total. The van der Waals surface area contributed by atoms with Gasteiger partial charge in [-0.25, -0.2) is 0 Å². The molecule has 1 aromatic rings. The fourth-order valence-electron chi connectivity index (χ4n) is 2.04. The summed E-state index contributed by atoms with van der Waals surface area (Å²) in [4.78, 5) is 13.9. The van der Waals surface area contributed by atoms with E-state index in [0.717, 1.165) is 12.8 Å². The van der Waals surface area contributed by atoms with Gasteiger partial charge in [-0.1, -0.05) is 43.7 Å². The van der Waals surface area contributed by atoms with Crippen LogP contribution < -0.4 is 11.1 Å². The maximum Gasteiger partial charge on any atom is 0.236 e. The monoisotopic (exact) mass is 263 g/mol. The number of benzene rings is 1. The molecule has 2 unspecified atom stereocenters. The second-order valence-electron chi connectivity index (χ2n) is 5.03. The van der Waals surface area contributed by atoms with Crippen molar-refractivity contribution in [3.05, 3.63) is 35.9 Å². The molecular formula is C15H25N3O. The van der Waals surface area contributed by atoms with E-state index in [9.17, 15) is 4.79 Å². The second-order valence-corrected chi connectivity index (χ2v) is 5.03. The van der Waals surface area contributed by atoms with Crippen molar-refractivity contribution in [3.8, 4) is 0 Å². The SMILES string of the molecule is CCCC(N)C(=O)NCC(c1ccccc1)N(C)C. The number of hydrogen-bond acceptors (Lipinski definition) is 3. The third-order valence-corrected chi connectivity index (χ3v) is 3.21. The Morgan fingerprint density at radius 2 is 1.95 bits per heavy atom. The van der Waals surface area contributed by atoms with Gasteiger partial charge in [0.05, 0.1) is 12.1 Å². The molecular weight excluding hydrogens is 238 g/mol. The van der Waals surface area contributed by atoms with E-state index in [1.165, 1.54) is 5.56 Å². The standard InChI is InChI=1S/C15H25N3O/c1-4-8-13(16)15(19)17-11-14(18(2)3)12-9-6-5-7-10-12/h5-7,9-10,13-14H,4,8,11,16H2,1-3H3,(H,17,19). The number of amides is 1. The third kappa shape index (κ3) is 5.01. The zero-order valence-corrected chi connectivity index (χ0v) is 12.1. The molecule has 1 amide bonds. The summed E-state index contributed by atoms with van der Waals surface area (Å²) in [7, 11) is 4.02. The van der Waals surface area contributed by atoms with Crippen LogP contribution >= 0.6 is 0 Å². The molecule has 0 aliphatic heterocycles. The van der Waals surface area contributed by atoms with Crippen molar-refractivity contribution in [2.24, 2.45) is 5.73 Å². The number of likely N-dealkylation sites (N-methyl/N-ethyl adjacent to an activating group) is 1. The van der Waals surface area contributed by atoms with Gasteiger partial charge in [-0.05, 0) is 26.1 Å². The van der Waals surface area contributed by atoms with Gasteiger partial charge in [0.2, 0.25) is 5.91 Å². The van der Waals surface area contributed by atoms with Gasteiger partial charge < -0.3 is 16.0 Å². The van der Waals surface area contributed by atoms with Crippen LogP contribution in [-0.2, 0) is 4.79 Å². The second kappa shape index (κ2) is 7.92. The van der Waals surface area contributed by atoms with E-state index >= 15 is 0 Å². The van der Waals surface area contributed by atoms with Gasteiger partial charge in [-0.15, -0.1) is 0 Å². The van der Waals surface area contributed by atoms with Crippen molar-refractivity contribution in [1.29, 1.82) is 0 Å². The van der Waals surface area contributed by atoms with E-state index in [-0.39, 0.29) is 11.9 Å². The number of nitrogens with two attached hydrogens (primary N) is 1. The van der Waals surface area contributed by atoms with Crippen LogP contribution in [0.4, 0.5) is 0 Å². The Kier molecular flexibility index (Phi) is 6.53. The maximum atomic E-state index is 11.8. The van der Waals surface area contributed by atoms with Gasteiger partial charge >= 0.3 is 0 Å². The summed E-state index contributed by atoms with van der Waals surface area (Å²) in [5, 5.41) is 2.94. The number of nitrogens with zero attached hydrogens (tertiary/aromatic N) is 1. The molecule has 1 aromatic carbocycles. The summed E-state index contributed by atoms with van der Waals surface area (Å²) in [5.74, 6) is -0.0652. The molecule has 1 rings (SSSR count). The highest BCUT2D eigenvalue weighted by molar-refractivity contribution is 5.81. The van der Waals surface area contributed by atoms with Gasteiger partial charge in [0, 0.05) is 6.54 Å². The minimum atomic E-state index is -0.399. The van der Waals surface area contributed by atoms with Crippen LogP contribution in [0.3, 0.4) is 0 Å². The smallest absolute Gasteiger partial charge is 0.236 e. The maximum absolute atomic E-state index is 11.8. The van der Waals surface area contributed by atoms with Crippen molar-refractivity contribution < 1.29 is 4.79 Å². The summed E-state index contributed by atoms with van der Waals surface area (Å²) < 4.78 is 0. The minimum absolute atomic E-state index is 0.0652. The zero-order chi connectivity index (χ0) is 14.3. The summed E-state index contributed by atoms with van der Waals surface area (Å²) in [6.07, 6.45) is 1.65. The molecule has 0 aromatic heterocycles. The average molecular weight is 263 g/mol. The van der Waals surface area contributed by atoms with Gasteiger partial charge in [0.1, 0.15) is 0 Å². The predicted octanol–water partition coefficient (Wildman–Crippen LogP) is 1.53. The van der Waals surface area contributed by atoms with Crippen molar-refractivity contribution in [1.82, 2.24) is 10.2 Å². The molecule has 106 valence electrons. The Morgan fingerprint density at radius 1 is 1.32 bits per heavy atom. The van der Waals surface area contributed by atoms with Crippen molar-refractivity contribution in [2.75, 3.05) is 20.6 Å². The quantitative estimate of drug-likeness (QED) is 0.784. The first-order valence-electron chi connectivity index (χ1n) is 6.81. The van der Waals surface area contributed by atoms with Gasteiger partial charge in [0.15, 0.2) is 0 Å². The van der Waals surface area contributed by atoms with Crippen LogP contribution in [-0.4, -0.2) is 37.5 Å². The van der Waals surface area contributed by atoms with Crippen molar-refractivity contribution >= 4 is 5.91 Å². The van der Waals surface area contributed by atoms with Crippen molar-refractivity contribution in [3.63, 3.8) is 0 Å². The fourth-order valence-corrected chi connectivity index (χ4v) is 2.04.